The molecule has 0 atom stereocenters. The molecule has 2 heterocycles. The van der Waals surface area contributed by atoms with Crippen molar-refractivity contribution in [1.29, 1.82) is 0 Å². The number of hydrogen-bond acceptors (Lipinski definition) is 6. The number of methoxy groups -OCH3 is 1. The van der Waals surface area contributed by atoms with E-state index in [-0.39, 0.29) is 46.3 Å². The van der Waals surface area contributed by atoms with Crippen LogP contribution in [0, 0.1) is 6.92 Å². The molecule has 0 bridgehead atoms. The minimum Gasteiger partial charge on any atom is -0.462 e. The third-order valence-corrected chi connectivity index (χ3v) is 4.23. The number of fused-ring (bicyclic) bond motifs is 2. The highest BCUT2D eigenvalue weighted by atomic mass is 16.5. The molecule has 0 radical (unpaired) electrons. The van der Waals surface area contributed by atoms with Gasteiger partial charge in [0.05, 0.1) is 29.9 Å². The maximum Gasteiger partial charge on any atom is 0.340 e. The average Bonchev–Trinajstić information content (AvgIpc) is 2.91. The summed E-state index contributed by atoms with van der Waals surface area (Å²) < 4.78 is 11.8. The molecule has 0 fully saturated rings. The number of carbonyl (C=O) groups excluding carboxylic acids is 3. The van der Waals surface area contributed by atoms with Gasteiger partial charge in [-0.1, -0.05) is 0 Å². The lowest BCUT2D eigenvalue weighted by Gasteiger charge is -2.16. The van der Waals surface area contributed by atoms with E-state index in [0.717, 1.165) is 0 Å². The maximum atomic E-state index is 13.0. The first-order valence-electron chi connectivity index (χ1n) is 7.96. The Morgan fingerprint density at radius 1 is 1.28 bits per heavy atom. The minimum absolute atomic E-state index is 0.0950. The van der Waals surface area contributed by atoms with Crippen LogP contribution >= 0.6 is 0 Å². The van der Waals surface area contributed by atoms with Gasteiger partial charge in [0.15, 0.2) is 5.78 Å². The fourth-order valence-electron chi connectivity index (χ4n) is 3.13. The van der Waals surface area contributed by atoms with E-state index >= 15 is 0 Å². The van der Waals surface area contributed by atoms with Crippen LogP contribution in [-0.2, 0) is 16.0 Å². The highest BCUT2D eigenvalue weighted by Gasteiger charge is 2.39. The van der Waals surface area contributed by atoms with Crippen LogP contribution in [0.4, 0.5) is 0 Å². The maximum absolute atomic E-state index is 13.0. The molecule has 25 heavy (non-hydrogen) atoms. The van der Waals surface area contributed by atoms with Crippen molar-refractivity contribution in [1.82, 2.24) is 9.55 Å². The quantitative estimate of drug-likeness (QED) is 0.657. The van der Waals surface area contributed by atoms with Gasteiger partial charge in [-0.15, -0.1) is 0 Å². The van der Waals surface area contributed by atoms with E-state index in [1.165, 1.54) is 6.20 Å². The molecule has 0 N–H and O–H groups in total. The van der Waals surface area contributed by atoms with Gasteiger partial charge in [0.25, 0.3) is 0 Å². The number of rotatable bonds is 5. The van der Waals surface area contributed by atoms with Crippen LogP contribution in [0.25, 0.3) is 0 Å². The Bertz CT molecular complexity index is 882. The van der Waals surface area contributed by atoms with Gasteiger partial charge in [-0.3, -0.25) is 14.6 Å². The molecule has 0 unspecified atom stereocenters. The normalized spacial score (nSPS) is 12.8. The van der Waals surface area contributed by atoms with E-state index in [9.17, 15) is 14.4 Å². The van der Waals surface area contributed by atoms with E-state index in [1.807, 2.05) is 0 Å². The Morgan fingerprint density at radius 3 is 2.72 bits per heavy atom. The summed E-state index contributed by atoms with van der Waals surface area (Å²) in [6, 6.07) is 3.14. The summed E-state index contributed by atoms with van der Waals surface area (Å²) in [4.78, 5) is 42.4. The predicted molar refractivity (Wildman–Crippen MR) is 88.1 cm³/mol. The Balaban J connectivity index is 2.28. The number of pyridine rings is 1. The van der Waals surface area contributed by atoms with Crippen LogP contribution in [-0.4, -0.2) is 47.4 Å². The van der Waals surface area contributed by atoms with Gasteiger partial charge in [-0.2, -0.15) is 0 Å². The lowest BCUT2D eigenvalue weighted by Crippen LogP contribution is -2.25. The second kappa shape index (κ2) is 6.60. The summed E-state index contributed by atoms with van der Waals surface area (Å²) in [6.45, 7) is 4.23. The van der Waals surface area contributed by atoms with Crippen LogP contribution < -0.4 is 0 Å². The monoisotopic (exact) mass is 342 g/mol. The first kappa shape index (κ1) is 17.0. The van der Waals surface area contributed by atoms with Gasteiger partial charge in [0, 0.05) is 25.5 Å². The zero-order valence-electron chi connectivity index (χ0n) is 14.3. The lowest BCUT2D eigenvalue weighted by atomic mass is 9.89. The summed E-state index contributed by atoms with van der Waals surface area (Å²) in [5.41, 5.74) is 1.23. The van der Waals surface area contributed by atoms with E-state index < -0.39 is 5.97 Å². The largest absolute Gasteiger partial charge is 0.462 e. The molecule has 130 valence electrons. The molecule has 0 aliphatic heterocycles. The second-order valence-electron chi connectivity index (χ2n) is 5.61. The minimum atomic E-state index is -0.610. The third kappa shape index (κ3) is 2.56. The molecule has 7 heteroatoms. The van der Waals surface area contributed by atoms with Crippen LogP contribution in [0.1, 0.15) is 55.1 Å². The molecule has 0 amide bonds. The third-order valence-electron chi connectivity index (χ3n) is 4.23. The fraction of sp³-hybridized carbons (Fsp3) is 0.333. The summed E-state index contributed by atoms with van der Waals surface area (Å²) in [5.74, 6) is -1.37. The van der Waals surface area contributed by atoms with Crippen LogP contribution in [0.15, 0.2) is 18.3 Å². The molecule has 1 aliphatic rings. The SMILES string of the molecule is CCOC(=O)c1c2c(n(CCOC)c1C)C(=O)c1ncccc1C2=O. The zero-order valence-corrected chi connectivity index (χ0v) is 14.3. The van der Waals surface area contributed by atoms with Crippen molar-refractivity contribution in [3.63, 3.8) is 0 Å². The lowest BCUT2D eigenvalue weighted by molar-refractivity contribution is 0.0522. The predicted octanol–water partition coefficient (Wildman–Crippen LogP) is 1.79. The van der Waals surface area contributed by atoms with Crippen LogP contribution in [0.5, 0.6) is 0 Å². The van der Waals surface area contributed by atoms with E-state index in [1.54, 1.807) is 37.7 Å². The molecule has 0 spiro atoms. The fourth-order valence-corrected chi connectivity index (χ4v) is 3.13. The number of nitrogens with zero attached hydrogens (tertiary/aromatic N) is 2. The van der Waals surface area contributed by atoms with Crippen LogP contribution in [0.3, 0.4) is 0 Å². The first-order valence-corrected chi connectivity index (χ1v) is 7.96. The topological polar surface area (TPSA) is 87.5 Å². The Kier molecular flexibility index (Phi) is 4.50. The summed E-state index contributed by atoms with van der Waals surface area (Å²) in [7, 11) is 1.54. The molecule has 3 rings (SSSR count). The molecular formula is C18H18N2O5. The van der Waals surface area contributed by atoms with Crippen molar-refractivity contribution in [3.8, 4) is 0 Å². The van der Waals surface area contributed by atoms with Crippen molar-refractivity contribution < 1.29 is 23.9 Å². The molecule has 2 aromatic heterocycles. The van der Waals surface area contributed by atoms with E-state index in [4.69, 9.17) is 9.47 Å². The first-order chi connectivity index (χ1) is 12.0. The van der Waals surface area contributed by atoms with Gasteiger partial charge >= 0.3 is 5.97 Å². The zero-order chi connectivity index (χ0) is 18.1. The van der Waals surface area contributed by atoms with Crippen molar-refractivity contribution in [2.45, 2.75) is 20.4 Å². The van der Waals surface area contributed by atoms with Crippen molar-refractivity contribution in [2.75, 3.05) is 20.3 Å². The molecule has 2 aromatic rings. The Labute approximate surface area is 144 Å². The number of ketones is 2. The number of ether oxygens (including phenoxy) is 2. The molecule has 7 nitrogen and oxygen atoms in total. The van der Waals surface area contributed by atoms with Gasteiger partial charge in [-0.05, 0) is 26.0 Å². The molecule has 0 saturated heterocycles. The highest BCUT2D eigenvalue weighted by molar-refractivity contribution is 6.29. The van der Waals surface area contributed by atoms with Gasteiger partial charge < -0.3 is 14.0 Å². The van der Waals surface area contributed by atoms with Crippen LogP contribution in [0.2, 0.25) is 0 Å². The van der Waals surface area contributed by atoms with E-state index in [0.29, 0.717) is 18.8 Å². The smallest absolute Gasteiger partial charge is 0.340 e. The van der Waals surface area contributed by atoms with Crippen molar-refractivity contribution >= 4 is 17.5 Å². The molecule has 0 saturated carbocycles. The molecular weight excluding hydrogens is 324 g/mol. The Morgan fingerprint density at radius 2 is 2.04 bits per heavy atom. The average molecular weight is 342 g/mol. The molecule has 0 aromatic carbocycles. The number of esters is 1. The van der Waals surface area contributed by atoms with Crippen molar-refractivity contribution in [3.05, 3.63) is 52.1 Å². The number of carbonyl (C=O) groups is 3. The Hall–Kier alpha value is -2.80. The standard InChI is InChI=1S/C18H18N2O5/c1-4-25-18(23)12-10(2)20(8-9-24-3)15-13(12)16(21)11-6-5-7-19-14(11)17(15)22/h5-7H,4,8-9H2,1-3H3. The highest BCUT2D eigenvalue weighted by Crippen LogP contribution is 2.33. The summed E-state index contributed by atoms with van der Waals surface area (Å²) in [6.07, 6.45) is 1.47. The summed E-state index contributed by atoms with van der Waals surface area (Å²) in [5, 5.41) is 0. The van der Waals surface area contributed by atoms with Gasteiger partial charge in [0.1, 0.15) is 11.4 Å². The van der Waals surface area contributed by atoms with Gasteiger partial charge in [-0.25, -0.2) is 4.79 Å². The summed E-state index contributed by atoms with van der Waals surface area (Å²) >= 11 is 0. The van der Waals surface area contributed by atoms with Crippen molar-refractivity contribution in [2.24, 2.45) is 0 Å². The van der Waals surface area contributed by atoms with Gasteiger partial charge in [0.2, 0.25) is 5.78 Å². The number of aromatic nitrogens is 2. The number of hydrogen-bond donors (Lipinski definition) is 0. The second-order valence-corrected chi connectivity index (χ2v) is 5.61. The molecule has 1 aliphatic carbocycles. The van der Waals surface area contributed by atoms with E-state index in [2.05, 4.69) is 4.98 Å².